The molecule has 19 heteroatoms. The summed E-state index contributed by atoms with van der Waals surface area (Å²) in [4.78, 5) is 75.3. The van der Waals surface area contributed by atoms with Crippen LogP contribution in [0.15, 0.2) is 65.5 Å². The third kappa shape index (κ3) is 10.1. The third-order valence-electron chi connectivity index (χ3n) is 13.6. The number of halogens is 1. The van der Waals surface area contributed by atoms with E-state index in [9.17, 15) is 23.7 Å². The summed E-state index contributed by atoms with van der Waals surface area (Å²) in [6.07, 6.45) is 10.2. The quantitative estimate of drug-likeness (QED) is 0.0490. The Morgan fingerprint density at radius 2 is 1.68 bits per heavy atom. The van der Waals surface area contributed by atoms with Crippen molar-refractivity contribution in [2.24, 2.45) is 5.41 Å². The second-order valence-electron chi connectivity index (χ2n) is 18.3. The molecule has 2 aromatic heterocycles. The Hall–Kier alpha value is -6.25. The molecule has 6 heterocycles. The van der Waals surface area contributed by atoms with Crippen molar-refractivity contribution in [2.45, 2.75) is 57.9 Å². The van der Waals surface area contributed by atoms with E-state index in [1.54, 1.807) is 45.1 Å². The monoisotopic (exact) mass is 1020 g/mol. The fourth-order valence-electron chi connectivity index (χ4n) is 9.81. The van der Waals surface area contributed by atoms with E-state index in [4.69, 9.17) is 14.5 Å². The van der Waals surface area contributed by atoms with E-state index in [1.165, 1.54) is 0 Å². The number of carbonyl (C=O) groups is 4. The number of methoxy groups -OCH3 is 1. The van der Waals surface area contributed by atoms with Crippen LogP contribution in [0.3, 0.4) is 0 Å². The first-order chi connectivity index (χ1) is 33.2. The number of aryl methyl sites for hydroxylation is 1. The molecule has 69 heavy (non-hydrogen) atoms. The van der Waals surface area contributed by atoms with E-state index >= 15 is 0 Å². The van der Waals surface area contributed by atoms with Crippen molar-refractivity contribution in [3.05, 3.63) is 87.8 Å². The molecule has 1 unspecified atom stereocenters. The molecule has 9 rings (SSSR count). The number of carbonyl (C=O) groups excluding carboxylic acids is 4. The van der Waals surface area contributed by atoms with Crippen LogP contribution in [0.4, 0.5) is 28.8 Å². The van der Waals surface area contributed by atoms with E-state index in [1.807, 2.05) is 31.2 Å². The number of imide groups is 2. The van der Waals surface area contributed by atoms with Crippen molar-refractivity contribution >= 4 is 91.9 Å². The topological polar surface area (TPSA) is 201 Å². The fourth-order valence-corrected chi connectivity index (χ4v) is 11.5. The van der Waals surface area contributed by atoms with Gasteiger partial charge in [-0.25, -0.2) is 4.98 Å². The van der Waals surface area contributed by atoms with Crippen LogP contribution in [0, 0.1) is 17.3 Å². The Morgan fingerprint density at radius 1 is 0.928 bits per heavy atom. The van der Waals surface area contributed by atoms with Crippen LogP contribution in [0.2, 0.25) is 0 Å². The zero-order valence-corrected chi connectivity index (χ0v) is 41.5. The van der Waals surface area contributed by atoms with E-state index in [-0.39, 0.29) is 30.6 Å². The van der Waals surface area contributed by atoms with Crippen LogP contribution in [-0.2, 0) is 25.3 Å². The Morgan fingerprint density at radius 3 is 2.42 bits per heavy atom. The Kier molecular flexibility index (Phi) is 13.9. The molecular formula is C50H54BrN10O7P. The summed E-state index contributed by atoms with van der Waals surface area (Å²) >= 11 is 3.57. The van der Waals surface area contributed by atoms with Gasteiger partial charge in [0.2, 0.25) is 17.8 Å². The minimum absolute atomic E-state index is 0.0600. The second-order valence-corrected chi connectivity index (χ2v) is 22.3. The molecule has 1 spiro atoms. The van der Waals surface area contributed by atoms with Gasteiger partial charge in [-0.3, -0.25) is 39.4 Å². The molecule has 0 aliphatic carbocycles. The lowest BCUT2D eigenvalue weighted by Crippen LogP contribution is -2.54. The number of nitrogens with one attached hydrogen (secondary N) is 3. The Labute approximate surface area is 409 Å². The number of hydrogen-bond acceptors (Lipinski definition) is 15. The predicted octanol–water partition coefficient (Wildman–Crippen LogP) is 6.64. The van der Waals surface area contributed by atoms with Crippen molar-refractivity contribution in [3.8, 4) is 17.6 Å². The lowest BCUT2D eigenvalue weighted by Gasteiger charge is -2.47. The number of aromatic nitrogens is 4. The molecule has 0 radical (unpaired) electrons. The van der Waals surface area contributed by atoms with Crippen LogP contribution in [0.1, 0.15) is 77.3 Å². The number of amides is 4. The first-order valence-corrected chi connectivity index (χ1v) is 26.6. The van der Waals surface area contributed by atoms with Gasteiger partial charge >= 0.3 is 0 Å². The molecule has 0 saturated carbocycles. The summed E-state index contributed by atoms with van der Waals surface area (Å²) in [5.41, 5.74) is 5.74. The molecule has 1 atom stereocenters. The summed E-state index contributed by atoms with van der Waals surface area (Å²) in [6, 6.07) is 12.3. The smallest absolute Gasteiger partial charge is 0.263 e. The molecule has 5 aromatic rings. The van der Waals surface area contributed by atoms with Gasteiger partial charge in [-0.2, -0.15) is 4.98 Å². The number of piperidine rings is 3. The standard InChI is InChI=1S/C50H54BrN10O7P/c1-5-31-27-32(42-34(28-31)47(64)61(48(42)65)39-12-13-41(62)57-46(39)63)7-6-25-68-26-24-59-20-14-50(15-21-59)16-22-60(23-17-50)33-8-9-36(40(29-33)67-2)56-49-54-30-35(51)45(58-49)55-38-11-10-37-43(53-19-18-52-37)44(38)69(3,4)66/h8-11,18-19,27-30,39H,5,12-17,20-26H2,1-4H3,(H,57,62,63)(H2,54,55,56,58). The summed E-state index contributed by atoms with van der Waals surface area (Å²) in [6.45, 7) is 10.8. The lowest BCUT2D eigenvalue weighted by atomic mass is 9.71. The van der Waals surface area contributed by atoms with Crippen LogP contribution in [-0.4, -0.2) is 126 Å². The highest BCUT2D eigenvalue weighted by Gasteiger charge is 2.46. The highest BCUT2D eigenvalue weighted by atomic mass is 79.9. The molecule has 4 amide bonds. The molecular weight excluding hydrogens is 963 g/mol. The number of ether oxygens (including phenoxy) is 2. The normalized spacial score (nSPS) is 18.2. The maximum atomic E-state index is 13.6. The van der Waals surface area contributed by atoms with Crippen molar-refractivity contribution in [2.75, 3.05) is 81.9 Å². The number of fused-ring (bicyclic) bond motifs is 2. The van der Waals surface area contributed by atoms with Gasteiger partial charge in [0.25, 0.3) is 11.8 Å². The SMILES string of the molecule is CCc1cc(C#CCOCCN2CCC3(CC2)CCN(c2ccc(Nc4ncc(Br)c(Nc5ccc6nccnc6c5P(C)(C)=O)n4)c(OC)c2)CC3)c2c(c1)C(=O)N(C1CCC(=O)NC1=O)C2=O. The minimum atomic E-state index is -2.78. The minimum Gasteiger partial charge on any atom is -0.494 e. The molecule has 3 aromatic carbocycles. The summed E-state index contributed by atoms with van der Waals surface area (Å²) < 4.78 is 25.9. The predicted molar refractivity (Wildman–Crippen MR) is 268 cm³/mol. The number of benzene rings is 3. The average molecular weight is 1020 g/mol. The average Bonchev–Trinajstić information content (AvgIpc) is 3.59. The van der Waals surface area contributed by atoms with Gasteiger partial charge in [0.15, 0.2) is 0 Å². The van der Waals surface area contributed by atoms with E-state index in [0.29, 0.717) is 68.0 Å². The molecule has 3 saturated heterocycles. The first-order valence-electron chi connectivity index (χ1n) is 23.2. The van der Waals surface area contributed by atoms with Gasteiger partial charge in [0.1, 0.15) is 36.9 Å². The van der Waals surface area contributed by atoms with Gasteiger partial charge in [-0.05, 0) is 128 Å². The lowest BCUT2D eigenvalue weighted by molar-refractivity contribution is -0.136. The zero-order chi connectivity index (χ0) is 48.5. The number of hydrogen-bond donors (Lipinski definition) is 3. The van der Waals surface area contributed by atoms with Crippen LogP contribution >= 0.6 is 23.1 Å². The van der Waals surface area contributed by atoms with Crippen LogP contribution in [0.25, 0.3) is 11.0 Å². The Balaban J connectivity index is 0.752. The number of anilines is 5. The molecule has 0 bridgehead atoms. The number of likely N-dealkylation sites (tertiary alicyclic amines) is 1. The van der Waals surface area contributed by atoms with Gasteiger partial charge in [-0.1, -0.05) is 18.8 Å². The largest absolute Gasteiger partial charge is 0.494 e. The highest BCUT2D eigenvalue weighted by Crippen LogP contribution is 2.44. The van der Waals surface area contributed by atoms with Crippen LogP contribution in [0.5, 0.6) is 5.75 Å². The summed E-state index contributed by atoms with van der Waals surface area (Å²) in [5, 5.41) is 9.53. The first kappa shape index (κ1) is 47.8. The number of rotatable bonds is 13. The summed E-state index contributed by atoms with van der Waals surface area (Å²) in [5.74, 6) is 5.46. The maximum absolute atomic E-state index is 13.6. The fraction of sp³-hybridized carbons (Fsp3) is 0.400. The third-order valence-corrected chi connectivity index (χ3v) is 15.8. The highest BCUT2D eigenvalue weighted by molar-refractivity contribution is 9.10. The van der Waals surface area contributed by atoms with Gasteiger partial charge in [0.05, 0.1) is 51.5 Å². The molecule has 4 aliphatic rings. The van der Waals surface area contributed by atoms with Crippen molar-refractivity contribution in [3.63, 3.8) is 0 Å². The van der Waals surface area contributed by atoms with E-state index < -0.39 is 36.8 Å². The van der Waals surface area contributed by atoms with Crippen molar-refractivity contribution < 1.29 is 33.2 Å². The molecule has 4 aliphatic heterocycles. The van der Waals surface area contributed by atoms with E-state index in [0.717, 1.165) is 80.2 Å². The molecule has 3 N–H and O–H groups in total. The van der Waals surface area contributed by atoms with Gasteiger partial charge < -0.3 is 34.5 Å². The summed E-state index contributed by atoms with van der Waals surface area (Å²) in [7, 11) is -1.13. The molecule has 3 fully saturated rings. The number of nitrogens with zero attached hydrogens (tertiary/aromatic N) is 7. The molecule has 17 nitrogen and oxygen atoms in total. The Bertz CT molecular complexity index is 2970. The molecule has 358 valence electrons. The van der Waals surface area contributed by atoms with Crippen molar-refractivity contribution in [1.29, 1.82) is 0 Å². The maximum Gasteiger partial charge on any atom is 0.263 e. The second kappa shape index (κ2) is 20.0. The van der Waals surface area contributed by atoms with Gasteiger partial charge in [0, 0.05) is 62.0 Å². The van der Waals surface area contributed by atoms with Gasteiger partial charge in [-0.15, -0.1) is 0 Å². The van der Waals surface area contributed by atoms with E-state index in [2.05, 4.69) is 80.6 Å². The zero-order valence-electron chi connectivity index (χ0n) is 39.1. The van der Waals surface area contributed by atoms with Crippen LogP contribution < -0.4 is 30.9 Å². The van der Waals surface area contributed by atoms with Crippen molar-refractivity contribution in [1.82, 2.24) is 35.1 Å².